The van der Waals surface area contributed by atoms with Crippen LogP contribution in [0.25, 0.3) is 0 Å². The van der Waals surface area contributed by atoms with Gasteiger partial charge in [-0.2, -0.15) is 4.31 Å². The van der Waals surface area contributed by atoms with Crippen molar-refractivity contribution in [2.24, 2.45) is 0 Å². The Labute approximate surface area is 84.2 Å². The topological polar surface area (TPSA) is 37.4 Å². The van der Waals surface area contributed by atoms with E-state index in [1.165, 1.54) is 4.31 Å². The largest absolute Gasteiger partial charge is 0.240 e. The first kappa shape index (κ1) is 11.1. The molecule has 0 aromatic rings. The maximum atomic E-state index is 11.7. The summed E-state index contributed by atoms with van der Waals surface area (Å²) in [6.07, 6.45) is 0.606. The lowest BCUT2D eigenvalue weighted by Crippen LogP contribution is -2.21. The van der Waals surface area contributed by atoms with E-state index in [2.05, 4.69) is 0 Å². The van der Waals surface area contributed by atoms with Crippen LogP contribution in [0.1, 0.15) is 20.3 Å². The molecule has 76 valence electrons. The van der Waals surface area contributed by atoms with Crippen LogP contribution in [0.2, 0.25) is 0 Å². The highest BCUT2D eigenvalue weighted by Gasteiger charge is 2.32. The van der Waals surface area contributed by atoms with Crippen molar-refractivity contribution in [2.45, 2.75) is 20.3 Å². The van der Waals surface area contributed by atoms with Crippen molar-refractivity contribution in [3.8, 4) is 0 Å². The lowest BCUT2D eigenvalue weighted by atomic mass is 10.4. The fraction of sp³-hybridized carbons (Fsp3) is 0.750. The molecular weight excluding hydrogens is 206 g/mol. The van der Waals surface area contributed by atoms with Crippen LogP contribution < -0.4 is 0 Å². The number of nitrogens with zero attached hydrogens (tertiary/aromatic N) is 1. The summed E-state index contributed by atoms with van der Waals surface area (Å²) < 4.78 is 24.7. The molecule has 0 saturated heterocycles. The molecule has 0 spiro atoms. The molecule has 0 aliphatic carbocycles. The van der Waals surface area contributed by atoms with Crippen molar-refractivity contribution < 1.29 is 8.42 Å². The summed E-state index contributed by atoms with van der Waals surface area (Å²) in [4.78, 5) is 1.63. The molecule has 3 nitrogen and oxygen atoms in total. The Morgan fingerprint density at radius 2 is 2.08 bits per heavy atom. The fourth-order valence-electron chi connectivity index (χ4n) is 1.39. The minimum absolute atomic E-state index is 0.560. The van der Waals surface area contributed by atoms with Crippen LogP contribution in [-0.2, 0) is 10.0 Å². The van der Waals surface area contributed by atoms with E-state index < -0.39 is 10.0 Å². The molecule has 0 saturated carbocycles. The minimum atomic E-state index is -3.10. The SMILES string of the molecule is CCSC1=C(CC)S(=O)(=O)N(C)C1. The summed E-state index contributed by atoms with van der Waals surface area (Å²) >= 11 is 1.64. The molecule has 1 rings (SSSR count). The molecule has 1 aliphatic heterocycles. The predicted molar refractivity (Wildman–Crippen MR) is 57.0 cm³/mol. The summed E-state index contributed by atoms with van der Waals surface area (Å²) in [6.45, 7) is 4.49. The van der Waals surface area contributed by atoms with Gasteiger partial charge in [0.2, 0.25) is 10.0 Å². The fourth-order valence-corrected chi connectivity index (χ4v) is 4.29. The summed E-state index contributed by atoms with van der Waals surface area (Å²) in [5, 5.41) is 0. The molecule has 0 aromatic carbocycles. The highest BCUT2D eigenvalue weighted by molar-refractivity contribution is 8.04. The third kappa shape index (κ3) is 1.92. The van der Waals surface area contributed by atoms with Crippen LogP contribution >= 0.6 is 11.8 Å². The monoisotopic (exact) mass is 221 g/mol. The lowest BCUT2D eigenvalue weighted by molar-refractivity contribution is 0.515. The van der Waals surface area contributed by atoms with Crippen molar-refractivity contribution in [3.05, 3.63) is 9.81 Å². The maximum Gasteiger partial charge on any atom is 0.240 e. The number of thioether (sulfide) groups is 1. The van der Waals surface area contributed by atoms with Crippen LogP contribution in [0.4, 0.5) is 0 Å². The molecule has 5 heteroatoms. The van der Waals surface area contributed by atoms with Gasteiger partial charge in [-0.1, -0.05) is 13.8 Å². The Bertz CT molecular complexity index is 319. The first-order valence-corrected chi connectivity index (χ1v) is 6.77. The average Bonchev–Trinajstić information content (AvgIpc) is 2.24. The van der Waals surface area contributed by atoms with Gasteiger partial charge in [-0.05, 0) is 12.2 Å². The van der Waals surface area contributed by atoms with Crippen molar-refractivity contribution in [3.63, 3.8) is 0 Å². The van der Waals surface area contributed by atoms with E-state index in [1.54, 1.807) is 18.8 Å². The van der Waals surface area contributed by atoms with Crippen LogP contribution in [-0.4, -0.2) is 32.1 Å². The standard InChI is InChI=1S/C8H15NO2S2/c1-4-8-7(12-5-2)6-9(3)13(8,10)11/h4-6H2,1-3H3. The Hall–Kier alpha value is -0.0000000000000000763. The lowest BCUT2D eigenvalue weighted by Gasteiger charge is -2.07. The number of hydrogen-bond acceptors (Lipinski definition) is 3. The molecule has 0 aromatic heterocycles. The van der Waals surface area contributed by atoms with Gasteiger partial charge in [0.25, 0.3) is 0 Å². The second-order valence-corrected chi connectivity index (χ2v) is 6.32. The van der Waals surface area contributed by atoms with Gasteiger partial charge in [-0.15, -0.1) is 11.8 Å². The van der Waals surface area contributed by atoms with E-state index >= 15 is 0 Å². The molecular formula is C8H15NO2S2. The molecule has 1 heterocycles. The zero-order valence-electron chi connectivity index (χ0n) is 8.20. The Morgan fingerprint density at radius 1 is 1.46 bits per heavy atom. The summed E-state index contributed by atoms with van der Waals surface area (Å²) in [6, 6.07) is 0. The molecule has 1 aliphatic rings. The van der Waals surface area contributed by atoms with E-state index in [1.807, 2.05) is 13.8 Å². The van der Waals surface area contributed by atoms with E-state index in [0.717, 1.165) is 10.7 Å². The highest BCUT2D eigenvalue weighted by atomic mass is 32.2. The molecule has 0 amide bonds. The normalized spacial score (nSPS) is 22.7. The number of rotatable bonds is 3. The van der Waals surface area contributed by atoms with Gasteiger partial charge < -0.3 is 0 Å². The van der Waals surface area contributed by atoms with E-state index in [-0.39, 0.29) is 0 Å². The Balaban J connectivity index is 3.05. The van der Waals surface area contributed by atoms with Crippen molar-refractivity contribution in [2.75, 3.05) is 19.3 Å². The maximum absolute atomic E-state index is 11.7. The molecule has 13 heavy (non-hydrogen) atoms. The van der Waals surface area contributed by atoms with Crippen molar-refractivity contribution in [1.29, 1.82) is 0 Å². The van der Waals surface area contributed by atoms with Crippen LogP contribution in [0.3, 0.4) is 0 Å². The number of likely N-dealkylation sites (N-methyl/N-ethyl adjacent to an activating group) is 1. The van der Waals surface area contributed by atoms with Gasteiger partial charge >= 0.3 is 0 Å². The highest BCUT2D eigenvalue weighted by Crippen LogP contribution is 2.34. The van der Waals surface area contributed by atoms with E-state index in [4.69, 9.17) is 0 Å². The first-order valence-electron chi connectivity index (χ1n) is 4.35. The minimum Gasteiger partial charge on any atom is -0.207 e. The summed E-state index contributed by atoms with van der Waals surface area (Å²) in [5.41, 5.74) is 0. The summed E-state index contributed by atoms with van der Waals surface area (Å²) in [5.74, 6) is 0.933. The zero-order valence-corrected chi connectivity index (χ0v) is 9.83. The van der Waals surface area contributed by atoms with Gasteiger partial charge in [-0.3, -0.25) is 0 Å². The van der Waals surface area contributed by atoms with Gasteiger partial charge in [0.05, 0.1) is 4.91 Å². The van der Waals surface area contributed by atoms with Crippen molar-refractivity contribution >= 4 is 21.8 Å². The number of sulfonamides is 1. The van der Waals surface area contributed by atoms with Gasteiger partial charge in [0.15, 0.2) is 0 Å². The summed E-state index contributed by atoms with van der Waals surface area (Å²) in [7, 11) is -1.46. The van der Waals surface area contributed by atoms with E-state index in [0.29, 0.717) is 17.9 Å². The van der Waals surface area contributed by atoms with Gasteiger partial charge in [0.1, 0.15) is 0 Å². The van der Waals surface area contributed by atoms with Gasteiger partial charge in [0, 0.05) is 18.5 Å². The third-order valence-corrected chi connectivity index (χ3v) is 5.29. The second kappa shape index (κ2) is 4.02. The van der Waals surface area contributed by atoms with E-state index in [9.17, 15) is 8.42 Å². The Morgan fingerprint density at radius 3 is 2.54 bits per heavy atom. The smallest absolute Gasteiger partial charge is 0.207 e. The van der Waals surface area contributed by atoms with Crippen molar-refractivity contribution in [1.82, 2.24) is 4.31 Å². The van der Waals surface area contributed by atoms with Crippen LogP contribution in [0.15, 0.2) is 9.81 Å². The third-order valence-electron chi connectivity index (χ3n) is 2.04. The molecule has 0 radical (unpaired) electrons. The number of allylic oxidation sites excluding steroid dienone is 1. The zero-order chi connectivity index (χ0) is 10.1. The predicted octanol–water partition coefficient (Wildman–Crippen LogP) is 1.64. The molecule has 0 atom stereocenters. The molecule has 0 bridgehead atoms. The molecule has 0 unspecified atom stereocenters. The van der Waals surface area contributed by atoms with Crippen LogP contribution in [0, 0.1) is 0 Å². The van der Waals surface area contributed by atoms with Gasteiger partial charge in [-0.25, -0.2) is 8.42 Å². The first-order chi connectivity index (χ1) is 6.04. The average molecular weight is 221 g/mol. The quantitative estimate of drug-likeness (QED) is 0.727. The molecule has 0 fully saturated rings. The Kier molecular flexibility index (Phi) is 3.43. The number of hydrogen-bond donors (Lipinski definition) is 0. The second-order valence-electron chi connectivity index (χ2n) is 2.89. The molecule has 0 N–H and O–H groups in total. The van der Waals surface area contributed by atoms with Crippen LogP contribution in [0.5, 0.6) is 0 Å².